The quantitative estimate of drug-likeness (QED) is 0.429. The summed E-state index contributed by atoms with van der Waals surface area (Å²) in [5.74, 6) is 0. The largest absolute Gasteiger partial charge is 0.337 e. The van der Waals surface area contributed by atoms with Crippen LogP contribution in [-0.4, -0.2) is 17.1 Å². The Morgan fingerprint density at radius 2 is 1.59 bits per heavy atom. The average Bonchev–Trinajstić information content (AvgIpc) is 2.75. The highest BCUT2D eigenvalue weighted by Gasteiger charge is 2.28. The lowest BCUT2D eigenvalue weighted by molar-refractivity contribution is 0.392. The molecule has 0 atom stereocenters. The number of rotatable bonds is 3. The lowest BCUT2D eigenvalue weighted by Crippen LogP contribution is -2.38. The molecule has 1 aliphatic rings. The van der Waals surface area contributed by atoms with Gasteiger partial charge in [-0.05, 0) is 61.4 Å². The van der Waals surface area contributed by atoms with E-state index in [1.807, 2.05) is 18.3 Å². The molecule has 0 aliphatic heterocycles. The Kier molecular flexibility index (Phi) is 4.86. The zero-order valence-electron chi connectivity index (χ0n) is 16.3. The first kappa shape index (κ1) is 18.4. The molecule has 0 unspecified atom stereocenters. The van der Waals surface area contributed by atoms with Crippen LogP contribution in [0.4, 0.5) is 11.4 Å². The minimum Gasteiger partial charge on any atom is -0.337 e. The van der Waals surface area contributed by atoms with Crippen LogP contribution in [0.25, 0.3) is 21.7 Å². The van der Waals surface area contributed by atoms with Crippen molar-refractivity contribution in [3.8, 4) is 0 Å². The molecule has 0 radical (unpaired) electrons. The molecule has 1 heterocycles. The van der Waals surface area contributed by atoms with Gasteiger partial charge in [0.1, 0.15) is 0 Å². The van der Waals surface area contributed by atoms with Gasteiger partial charge in [-0.1, -0.05) is 48.0 Å². The molecule has 3 aromatic carbocycles. The van der Waals surface area contributed by atoms with Crippen LogP contribution in [0.2, 0.25) is 5.02 Å². The van der Waals surface area contributed by atoms with E-state index in [4.69, 9.17) is 17.3 Å². The molecule has 0 saturated heterocycles. The minimum atomic E-state index is 0.314. The number of benzene rings is 3. The third kappa shape index (κ3) is 3.45. The summed E-state index contributed by atoms with van der Waals surface area (Å²) >= 11 is 6.24. The number of hydrogen-bond acceptors (Lipinski definition) is 3. The van der Waals surface area contributed by atoms with Crippen molar-refractivity contribution in [3.63, 3.8) is 0 Å². The summed E-state index contributed by atoms with van der Waals surface area (Å²) in [5, 5.41) is 4.36. The van der Waals surface area contributed by atoms with E-state index >= 15 is 0 Å². The highest BCUT2D eigenvalue weighted by atomic mass is 35.5. The fourth-order valence-corrected chi connectivity index (χ4v) is 4.78. The standard InChI is InChI=1S/C25H24ClN3/c26-18-8-13-22-23(16-18)28-15-14-25(22)29(20-11-9-19(27)10-12-20)24-7-3-5-17-4-1-2-6-21(17)24/h1-8,13-16,19-20H,9-12,27H2. The highest BCUT2D eigenvalue weighted by molar-refractivity contribution is 6.31. The van der Waals surface area contributed by atoms with Crippen LogP contribution >= 0.6 is 11.6 Å². The molecule has 4 aromatic rings. The van der Waals surface area contributed by atoms with Gasteiger partial charge in [0, 0.05) is 39.8 Å². The molecule has 0 bridgehead atoms. The van der Waals surface area contributed by atoms with Crippen molar-refractivity contribution in [1.29, 1.82) is 0 Å². The van der Waals surface area contributed by atoms with Gasteiger partial charge in [-0.25, -0.2) is 0 Å². The molecule has 146 valence electrons. The second-order valence-electron chi connectivity index (χ2n) is 7.93. The van der Waals surface area contributed by atoms with Gasteiger partial charge in [-0.15, -0.1) is 0 Å². The zero-order chi connectivity index (χ0) is 19.8. The zero-order valence-corrected chi connectivity index (χ0v) is 17.0. The molecular formula is C25H24ClN3. The number of aromatic nitrogens is 1. The van der Waals surface area contributed by atoms with Crippen molar-refractivity contribution >= 4 is 44.7 Å². The van der Waals surface area contributed by atoms with Gasteiger partial charge in [0.15, 0.2) is 0 Å². The molecule has 1 saturated carbocycles. The Balaban J connectivity index is 1.73. The predicted molar refractivity (Wildman–Crippen MR) is 123 cm³/mol. The SMILES string of the molecule is NC1CCC(N(c2cccc3ccccc23)c2ccnc3cc(Cl)ccc23)CC1. The summed E-state index contributed by atoms with van der Waals surface area (Å²) in [5.41, 5.74) is 9.58. The van der Waals surface area contributed by atoms with Crippen molar-refractivity contribution in [2.75, 3.05) is 4.90 Å². The molecule has 0 amide bonds. The maximum atomic E-state index is 6.24. The number of nitrogens with two attached hydrogens (primary N) is 1. The number of fused-ring (bicyclic) bond motifs is 2. The van der Waals surface area contributed by atoms with E-state index in [0.29, 0.717) is 17.1 Å². The molecule has 1 aliphatic carbocycles. The Hall–Kier alpha value is -2.62. The van der Waals surface area contributed by atoms with Crippen molar-refractivity contribution in [1.82, 2.24) is 4.98 Å². The second-order valence-corrected chi connectivity index (χ2v) is 8.36. The van der Waals surface area contributed by atoms with Gasteiger partial charge in [-0.3, -0.25) is 4.98 Å². The molecule has 5 rings (SSSR count). The molecule has 2 N–H and O–H groups in total. The summed E-state index contributed by atoms with van der Waals surface area (Å²) in [6, 6.07) is 24.0. The minimum absolute atomic E-state index is 0.314. The number of anilines is 2. The van der Waals surface area contributed by atoms with Gasteiger partial charge < -0.3 is 10.6 Å². The lowest BCUT2D eigenvalue weighted by Gasteiger charge is -2.39. The maximum absolute atomic E-state index is 6.24. The fraction of sp³-hybridized carbons (Fsp3) is 0.240. The Labute approximate surface area is 176 Å². The monoisotopic (exact) mass is 401 g/mol. The van der Waals surface area contributed by atoms with E-state index in [0.717, 1.165) is 36.6 Å². The highest BCUT2D eigenvalue weighted by Crippen LogP contribution is 2.40. The topological polar surface area (TPSA) is 42.1 Å². The van der Waals surface area contributed by atoms with E-state index < -0.39 is 0 Å². The van der Waals surface area contributed by atoms with Crippen LogP contribution < -0.4 is 10.6 Å². The molecule has 4 heteroatoms. The fourth-order valence-electron chi connectivity index (χ4n) is 4.62. The van der Waals surface area contributed by atoms with Crippen LogP contribution in [0, 0.1) is 0 Å². The molecule has 29 heavy (non-hydrogen) atoms. The summed E-state index contributed by atoms with van der Waals surface area (Å²) in [7, 11) is 0. The van der Waals surface area contributed by atoms with Crippen molar-refractivity contribution < 1.29 is 0 Å². The Bertz CT molecular complexity index is 1160. The number of hydrogen-bond donors (Lipinski definition) is 1. The molecular weight excluding hydrogens is 378 g/mol. The Morgan fingerprint density at radius 3 is 2.45 bits per heavy atom. The van der Waals surface area contributed by atoms with Gasteiger partial charge >= 0.3 is 0 Å². The first-order valence-corrected chi connectivity index (χ1v) is 10.7. The van der Waals surface area contributed by atoms with E-state index in [9.17, 15) is 0 Å². The van der Waals surface area contributed by atoms with Crippen LogP contribution in [-0.2, 0) is 0 Å². The summed E-state index contributed by atoms with van der Waals surface area (Å²) in [4.78, 5) is 7.09. The Morgan fingerprint density at radius 1 is 0.828 bits per heavy atom. The lowest BCUT2D eigenvalue weighted by atomic mass is 9.89. The van der Waals surface area contributed by atoms with Gasteiger partial charge in [0.05, 0.1) is 11.2 Å². The van der Waals surface area contributed by atoms with Gasteiger partial charge in [0.2, 0.25) is 0 Å². The number of pyridine rings is 1. The van der Waals surface area contributed by atoms with E-state index in [2.05, 4.69) is 64.5 Å². The van der Waals surface area contributed by atoms with Crippen LogP contribution in [0.3, 0.4) is 0 Å². The molecule has 3 nitrogen and oxygen atoms in total. The van der Waals surface area contributed by atoms with Crippen LogP contribution in [0.1, 0.15) is 25.7 Å². The van der Waals surface area contributed by atoms with Crippen LogP contribution in [0.15, 0.2) is 72.9 Å². The van der Waals surface area contributed by atoms with Crippen molar-refractivity contribution in [3.05, 3.63) is 77.9 Å². The van der Waals surface area contributed by atoms with Crippen molar-refractivity contribution in [2.24, 2.45) is 5.73 Å². The van der Waals surface area contributed by atoms with E-state index in [1.165, 1.54) is 22.1 Å². The van der Waals surface area contributed by atoms with E-state index in [1.54, 1.807) is 0 Å². The first-order valence-electron chi connectivity index (χ1n) is 10.3. The number of nitrogens with zero attached hydrogens (tertiary/aromatic N) is 2. The summed E-state index contributed by atoms with van der Waals surface area (Å²) in [6.07, 6.45) is 6.17. The first-order chi connectivity index (χ1) is 14.2. The number of halogens is 1. The van der Waals surface area contributed by atoms with Crippen molar-refractivity contribution in [2.45, 2.75) is 37.8 Å². The van der Waals surface area contributed by atoms with Gasteiger partial charge in [-0.2, -0.15) is 0 Å². The molecule has 0 spiro atoms. The van der Waals surface area contributed by atoms with Crippen LogP contribution in [0.5, 0.6) is 0 Å². The molecule has 1 aromatic heterocycles. The average molecular weight is 402 g/mol. The molecule has 1 fully saturated rings. The predicted octanol–water partition coefficient (Wildman–Crippen LogP) is 6.45. The second kappa shape index (κ2) is 7.66. The maximum Gasteiger partial charge on any atom is 0.0737 e. The third-order valence-corrected chi connectivity index (χ3v) is 6.31. The summed E-state index contributed by atoms with van der Waals surface area (Å²) < 4.78 is 0. The van der Waals surface area contributed by atoms with Gasteiger partial charge in [0.25, 0.3) is 0 Å². The van der Waals surface area contributed by atoms with E-state index in [-0.39, 0.29) is 0 Å². The third-order valence-electron chi connectivity index (χ3n) is 6.07. The smallest absolute Gasteiger partial charge is 0.0737 e. The normalized spacial score (nSPS) is 19.5. The summed E-state index contributed by atoms with van der Waals surface area (Å²) in [6.45, 7) is 0.